The van der Waals surface area contributed by atoms with Gasteiger partial charge < -0.3 is 20.4 Å². The normalized spacial score (nSPS) is 11.5. The number of ether oxygens (including phenoxy) is 1. The molecule has 33 heavy (non-hydrogen) atoms. The summed E-state index contributed by atoms with van der Waals surface area (Å²) in [7, 11) is 1.97. The number of pyridine rings is 1. The molecule has 4 aromatic rings. The molecule has 0 radical (unpaired) electrons. The van der Waals surface area contributed by atoms with Crippen LogP contribution in [-0.4, -0.2) is 20.4 Å². The number of hydrogen-bond acceptors (Lipinski definition) is 5. The molecule has 0 aliphatic rings. The summed E-state index contributed by atoms with van der Waals surface area (Å²) in [6, 6.07) is 17.3. The number of rotatable bonds is 8. The molecule has 2 aromatic heterocycles. The van der Waals surface area contributed by atoms with E-state index in [2.05, 4.69) is 16.4 Å². The molecule has 0 atom stereocenters. The number of anilines is 1. The van der Waals surface area contributed by atoms with Crippen LogP contribution in [0.2, 0.25) is 5.02 Å². The lowest BCUT2D eigenvalue weighted by Crippen LogP contribution is -2.33. The van der Waals surface area contributed by atoms with Gasteiger partial charge in [0.1, 0.15) is 5.75 Å². The first-order chi connectivity index (χ1) is 15.7. The van der Waals surface area contributed by atoms with E-state index < -0.39 is 5.41 Å². The van der Waals surface area contributed by atoms with E-state index in [9.17, 15) is 4.79 Å². The summed E-state index contributed by atoms with van der Waals surface area (Å²) in [6.45, 7) is 4.33. The van der Waals surface area contributed by atoms with Gasteiger partial charge in [-0.25, -0.2) is 9.97 Å². The fourth-order valence-electron chi connectivity index (χ4n) is 3.50. The average Bonchev–Trinajstić information content (AvgIpc) is 3.09. The van der Waals surface area contributed by atoms with Crippen molar-refractivity contribution in [2.75, 3.05) is 5.32 Å². The van der Waals surface area contributed by atoms with Crippen molar-refractivity contribution in [2.45, 2.75) is 26.8 Å². The zero-order chi connectivity index (χ0) is 23.6. The Bertz CT molecular complexity index is 1280. The van der Waals surface area contributed by atoms with Crippen molar-refractivity contribution in [3.63, 3.8) is 0 Å². The van der Waals surface area contributed by atoms with Crippen molar-refractivity contribution < 1.29 is 9.53 Å². The van der Waals surface area contributed by atoms with Crippen LogP contribution in [0.4, 0.5) is 5.95 Å². The van der Waals surface area contributed by atoms with E-state index in [1.54, 1.807) is 18.3 Å². The van der Waals surface area contributed by atoms with Gasteiger partial charge in [0.05, 0.1) is 16.1 Å². The molecule has 7 nitrogen and oxygen atoms in total. The highest BCUT2D eigenvalue weighted by Gasteiger charge is 2.25. The van der Waals surface area contributed by atoms with Gasteiger partial charge in [-0.3, -0.25) is 4.79 Å². The highest BCUT2D eigenvalue weighted by molar-refractivity contribution is 6.30. The van der Waals surface area contributed by atoms with Gasteiger partial charge in [0.25, 0.3) is 0 Å². The summed E-state index contributed by atoms with van der Waals surface area (Å²) < 4.78 is 7.75. The minimum absolute atomic E-state index is 0.309. The maximum absolute atomic E-state index is 11.7. The van der Waals surface area contributed by atoms with Crippen LogP contribution in [0.25, 0.3) is 11.0 Å². The molecule has 3 N–H and O–H groups in total. The highest BCUT2D eigenvalue weighted by atomic mass is 35.5. The molecule has 2 heterocycles. The van der Waals surface area contributed by atoms with Crippen LogP contribution in [0.5, 0.6) is 11.6 Å². The zero-order valence-electron chi connectivity index (χ0n) is 18.8. The van der Waals surface area contributed by atoms with Gasteiger partial charge in [-0.1, -0.05) is 43.6 Å². The maximum atomic E-state index is 11.7. The van der Waals surface area contributed by atoms with Crippen molar-refractivity contribution in [1.29, 1.82) is 0 Å². The number of carbonyl (C=O) groups excluding carboxylic acids is 1. The van der Waals surface area contributed by atoms with E-state index in [1.807, 2.05) is 61.9 Å². The van der Waals surface area contributed by atoms with Gasteiger partial charge in [0.15, 0.2) is 0 Å². The van der Waals surface area contributed by atoms with Crippen LogP contribution in [0, 0.1) is 5.41 Å². The first kappa shape index (κ1) is 22.6. The molecule has 0 bridgehead atoms. The van der Waals surface area contributed by atoms with E-state index in [4.69, 9.17) is 27.1 Å². The van der Waals surface area contributed by atoms with Crippen LogP contribution in [0.1, 0.15) is 25.0 Å². The summed E-state index contributed by atoms with van der Waals surface area (Å²) in [5.74, 6) is 1.64. The smallest absolute Gasteiger partial charge is 0.223 e. The molecule has 0 saturated heterocycles. The van der Waals surface area contributed by atoms with E-state index in [1.165, 1.54) is 0 Å². The molecular weight excluding hydrogens is 438 g/mol. The monoisotopic (exact) mass is 463 g/mol. The Balaban J connectivity index is 1.43. The summed E-state index contributed by atoms with van der Waals surface area (Å²) in [6.07, 6.45) is 2.12. The number of hydrogen-bond donors (Lipinski definition) is 2. The number of primary amides is 1. The fraction of sp³-hybridized carbons (Fsp3) is 0.240. The van der Waals surface area contributed by atoms with Crippen molar-refractivity contribution in [3.8, 4) is 11.6 Å². The Morgan fingerprint density at radius 3 is 2.52 bits per heavy atom. The number of nitrogens with zero attached hydrogens (tertiary/aromatic N) is 3. The number of benzene rings is 2. The quantitative estimate of drug-likeness (QED) is 0.380. The predicted molar refractivity (Wildman–Crippen MR) is 130 cm³/mol. The Labute approximate surface area is 197 Å². The van der Waals surface area contributed by atoms with Gasteiger partial charge in [-0.2, -0.15) is 0 Å². The number of fused-ring (bicyclic) bond motifs is 1. The Hall–Kier alpha value is -3.58. The first-order valence-corrected chi connectivity index (χ1v) is 11.0. The molecule has 8 heteroatoms. The van der Waals surface area contributed by atoms with Gasteiger partial charge in [-0.05, 0) is 47.9 Å². The number of imidazole rings is 1. The minimum Gasteiger partial charge on any atom is -0.439 e. The second-order valence-corrected chi connectivity index (χ2v) is 9.09. The van der Waals surface area contributed by atoms with Gasteiger partial charge >= 0.3 is 0 Å². The SMILES string of the molecule is Cn1c(NCc2ccc(Oc3ccc(Cl)cn3)cc2)nc2ccc(CC(C)(C)C(N)=O)cc21. The van der Waals surface area contributed by atoms with E-state index in [-0.39, 0.29) is 5.91 Å². The summed E-state index contributed by atoms with van der Waals surface area (Å²) in [4.78, 5) is 20.5. The number of nitrogens with two attached hydrogens (primary N) is 1. The number of amides is 1. The molecule has 0 saturated carbocycles. The van der Waals surface area contributed by atoms with Crippen LogP contribution in [0.15, 0.2) is 60.8 Å². The van der Waals surface area contributed by atoms with E-state index in [0.29, 0.717) is 29.6 Å². The van der Waals surface area contributed by atoms with Crippen LogP contribution in [-0.2, 0) is 24.8 Å². The summed E-state index contributed by atoms with van der Waals surface area (Å²) >= 11 is 5.85. The number of nitrogens with one attached hydrogen (secondary N) is 1. The number of carbonyl (C=O) groups is 1. The maximum Gasteiger partial charge on any atom is 0.223 e. The fourth-order valence-corrected chi connectivity index (χ4v) is 3.61. The van der Waals surface area contributed by atoms with Crippen molar-refractivity contribution in [1.82, 2.24) is 14.5 Å². The van der Waals surface area contributed by atoms with Crippen LogP contribution < -0.4 is 15.8 Å². The lowest BCUT2D eigenvalue weighted by atomic mass is 9.85. The predicted octanol–water partition coefficient (Wildman–Crippen LogP) is 5.08. The third kappa shape index (κ3) is 5.26. The van der Waals surface area contributed by atoms with Gasteiger partial charge in [0.2, 0.25) is 17.7 Å². The Morgan fingerprint density at radius 2 is 1.85 bits per heavy atom. The molecule has 1 amide bonds. The molecule has 0 aliphatic heterocycles. The van der Waals surface area contributed by atoms with Crippen LogP contribution >= 0.6 is 11.6 Å². The van der Waals surface area contributed by atoms with Crippen molar-refractivity contribution in [2.24, 2.45) is 18.2 Å². The largest absolute Gasteiger partial charge is 0.439 e. The lowest BCUT2D eigenvalue weighted by molar-refractivity contribution is -0.125. The minimum atomic E-state index is -0.604. The molecule has 0 aliphatic carbocycles. The van der Waals surface area contributed by atoms with E-state index >= 15 is 0 Å². The summed E-state index contributed by atoms with van der Waals surface area (Å²) in [5, 5.41) is 3.96. The van der Waals surface area contributed by atoms with E-state index in [0.717, 1.165) is 28.1 Å². The Morgan fingerprint density at radius 1 is 1.12 bits per heavy atom. The first-order valence-electron chi connectivity index (χ1n) is 10.6. The third-order valence-electron chi connectivity index (χ3n) is 5.55. The summed E-state index contributed by atoms with van der Waals surface area (Å²) in [5.41, 5.74) is 8.94. The molecule has 0 spiro atoms. The van der Waals surface area contributed by atoms with Gasteiger partial charge in [-0.15, -0.1) is 0 Å². The number of halogens is 1. The highest BCUT2D eigenvalue weighted by Crippen LogP contribution is 2.26. The molecule has 2 aromatic carbocycles. The lowest BCUT2D eigenvalue weighted by Gasteiger charge is -2.20. The molecule has 4 rings (SSSR count). The number of aromatic nitrogens is 3. The second-order valence-electron chi connectivity index (χ2n) is 8.66. The van der Waals surface area contributed by atoms with Crippen molar-refractivity contribution in [3.05, 3.63) is 76.9 Å². The van der Waals surface area contributed by atoms with Crippen molar-refractivity contribution >= 4 is 34.5 Å². The molecular formula is C25H26ClN5O2. The van der Waals surface area contributed by atoms with Gasteiger partial charge in [0, 0.05) is 31.3 Å². The molecule has 170 valence electrons. The molecule has 0 fully saturated rings. The second kappa shape index (κ2) is 9.11. The number of aryl methyl sites for hydroxylation is 1. The average molecular weight is 464 g/mol. The topological polar surface area (TPSA) is 95.1 Å². The third-order valence-corrected chi connectivity index (χ3v) is 5.78. The Kier molecular flexibility index (Phi) is 6.24. The molecule has 0 unspecified atom stereocenters. The zero-order valence-corrected chi connectivity index (χ0v) is 19.6. The van der Waals surface area contributed by atoms with Crippen LogP contribution in [0.3, 0.4) is 0 Å². The standard InChI is InChI=1S/C25H26ClN5O2/c1-25(2,23(27)32)13-17-6-10-20-21(12-17)31(3)24(30-20)29-14-16-4-8-19(9-5-16)33-22-11-7-18(26)15-28-22/h4-12,15H,13-14H2,1-3H3,(H2,27,32)(H,29,30).